The number of hydrogen-bond donors (Lipinski definition) is 2. The van der Waals surface area contributed by atoms with Crippen LogP contribution in [0.15, 0.2) is 22.6 Å². The van der Waals surface area contributed by atoms with Gasteiger partial charge in [-0.1, -0.05) is 0 Å². The number of hydrogen-bond acceptors (Lipinski definition) is 6. The predicted octanol–water partition coefficient (Wildman–Crippen LogP) is 1.84. The highest BCUT2D eigenvalue weighted by Gasteiger charge is 2.34. The minimum atomic E-state index is -0.621. The zero-order valence-corrected chi connectivity index (χ0v) is 19.5. The predicted molar refractivity (Wildman–Crippen MR) is 124 cm³/mol. The molecule has 10 heteroatoms. The van der Waals surface area contributed by atoms with E-state index in [1.54, 1.807) is 20.2 Å². The minimum absolute atomic E-state index is 0.00819. The second kappa shape index (κ2) is 9.84. The quantitative estimate of drug-likeness (QED) is 0.685. The highest BCUT2D eigenvalue weighted by atomic mass is 16.5. The van der Waals surface area contributed by atoms with Crippen LogP contribution in [0.3, 0.4) is 0 Å². The fourth-order valence-electron chi connectivity index (χ4n) is 4.60. The summed E-state index contributed by atoms with van der Waals surface area (Å²) >= 11 is 0. The smallest absolute Gasteiger partial charge is 0.291 e. The van der Waals surface area contributed by atoms with Crippen LogP contribution in [-0.2, 0) is 14.3 Å². The minimum Gasteiger partial charge on any atom is -0.449 e. The number of furan rings is 1. The molecule has 0 unspecified atom stereocenters. The van der Waals surface area contributed by atoms with Crippen molar-refractivity contribution in [1.29, 1.82) is 0 Å². The van der Waals surface area contributed by atoms with Crippen LogP contribution >= 0.6 is 0 Å². The molecule has 1 aromatic carbocycles. The van der Waals surface area contributed by atoms with Crippen molar-refractivity contribution in [3.63, 3.8) is 0 Å². The fourth-order valence-corrected chi connectivity index (χ4v) is 4.60. The lowest BCUT2D eigenvalue weighted by Crippen LogP contribution is -2.44. The number of primary amides is 1. The number of nitrogens with zero attached hydrogens (tertiary/aromatic N) is 2. The molecule has 0 spiro atoms. The number of carbonyl (C=O) groups is 4. The molecule has 4 amide bonds. The van der Waals surface area contributed by atoms with Crippen LogP contribution in [0.4, 0.5) is 5.69 Å². The molecule has 0 bridgehead atoms. The molecule has 1 saturated carbocycles. The largest absolute Gasteiger partial charge is 0.449 e. The summed E-state index contributed by atoms with van der Waals surface area (Å²) in [5.41, 5.74) is 6.25. The van der Waals surface area contributed by atoms with E-state index in [9.17, 15) is 19.2 Å². The summed E-state index contributed by atoms with van der Waals surface area (Å²) in [4.78, 5) is 53.5. The van der Waals surface area contributed by atoms with Crippen LogP contribution in [0.25, 0.3) is 11.0 Å². The molecule has 4 rings (SSSR count). The molecule has 10 nitrogen and oxygen atoms in total. The Morgan fingerprint density at radius 1 is 1.03 bits per heavy atom. The van der Waals surface area contributed by atoms with Gasteiger partial charge in [-0.05, 0) is 43.9 Å². The molecule has 3 N–H and O–H groups in total. The Morgan fingerprint density at radius 2 is 1.68 bits per heavy atom. The zero-order valence-electron chi connectivity index (χ0n) is 19.5. The van der Waals surface area contributed by atoms with Gasteiger partial charge >= 0.3 is 0 Å². The number of anilines is 1. The van der Waals surface area contributed by atoms with E-state index in [4.69, 9.17) is 14.9 Å². The number of rotatable bonds is 5. The molecule has 34 heavy (non-hydrogen) atoms. The third kappa shape index (κ3) is 4.77. The standard InChI is InChI=1S/C24H30N4O6/c1-27(2)24(32)20-19(17-13-16(21(25)29)7-8-18(17)34-20)26-22(30)14-3-5-15(6-4-14)23(31)28-9-11-33-12-10-28/h7-8,13-15H,3-6,9-12H2,1-2H3,(H2,25,29)(H,26,30)/t14-,15-. The number of benzene rings is 1. The molecule has 182 valence electrons. The van der Waals surface area contributed by atoms with Gasteiger partial charge in [0.15, 0.2) is 0 Å². The van der Waals surface area contributed by atoms with Crippen molar-refractivity contribution in [3.05, 3.63) is 29.5 Å². The first-order valence-electron chi connectivity index (χ1n) is 11.5. The van der Waals surface area contributed by atoms with Crippen LogP contribution in [0, 0.1) is 11.8 Å². The molecular formula is C24H30N4O6. The van der Waals surface area contributed by atoms with Crippen molar-refractivity contribution in [3.8, 4) is 0 Å². The van der Waals surface area contributed by atoms with Gasteiger partial charge in [-0.25, -0.2) is 0 Å². The van der Waals surface area contributed by atoms with Crippen molar-refractivity contribution < 1.29 is 28.3 Å². The molecule has 1 aromatic heterocycles. The first kappa shape index (κ1) is 23.7. The summed E-state index contributed by atoms with van der Waals surface area (Å²) in [5, 5.41) is 3.30. The summed E-state index contributed by atoms with van der Waals surface area (Å²) in [6, 6.07) is 4.58. The number of nitrogens with one attached hydrogen (secondary N) is 1. The maximum atomic E-state index is 13.2. The van der Waals surface area contributed by atoms with Crippen molar-refractivity contribution in [2.75, 3.05) is 45.7 Å². The number of ether oxygens (including phenoxy) is 1. The SMILES string of the molecule is CN(C)C(=O)c1oc2ccc(C(N)=O)cc2c1NC(=O)[C@H]1CC[C@H](C(=O)N2CCOCC2)CC1. The van der Waals surface area contributed by atoms with E-state index >= 15 is 0 Å². The topological polar surface area (TPSA) is 135 Å². The van der Waals surface area contributed by atoms with E-state index in [1.165, 1.54) is 17.0 Å². The van der Waals surface area contributed by atoms with Crippen molar-refractivity contribution in [1.82, 2.24) is 9.80 Å². The number of nitrogens with two attached hydrogens (primary N) is 1. The number of morpholine rings is 1. The molecular weight excluding hydrogens is 440 g/mol. The van der Waals surface area contributed by atoms with E-state index in [2.05, 4.69) is 5.32 Å². The van der Waals surface area contributed by atoms with Crippen LogP contribution in [0.2, 0.25) is 0 Å². The van der Waals surface area contributed by atoms with Crippen LogP contribution < -0.4 is 11.1 Å². The Hall–Kier alpha value is -3.40. The van der Waals surface area contributed by atoms with Gasteiger partial charge in [-0.2, -0.15) is 0 Å². The molecule has 1 saturated heterocycles. The Kier molecular flexibility index (Phi) is 6.87. The average Bonchev–Trinajstić information content (AvgIpc) is 3.20. The Labute approximate surface area is 197 Å². The summed E-state index contributed by atoms with van der Waals surface area (Å²) < 4.78 is 11.1. The maximum absolute atomic E-state index is 13.2. The molecule has 0 radical (unpaired) electrons. The molecule has 1 aliphatic heterocycles. The third-order valence-electron chi connectivity index (χ3n) is 6.59. The van der Waals surface area contributed by atoms with Gasteiger partial charge < -0.3 is 30.0 Å². The Morgan fingerprint density at radius 3 is 2.29 bits per heavy atom. The van der Waals surface area contributed by atoms with Gasteiger partial charge in [0.1, 0.15) is 11.3 Å². The van der Waals surface area contributed by atoms with E-state index in [1.807, 2.05) is 4.90 Å². The lowest BCUT2D eigenvalue weighted by Gasteiger charge is -2.33. The average molecular weight is 471 g/mol. The Bertz CT molecular complexity index is 1110. The highest BCUT2D eigenvalue weighted by molar-refractivity contribution is 6.12. The van der Waals surface area contributed by atoms with Gasteiger partial charge in [0.2, 0.25) is 23.5 Å². The number of carbonyl (C=O) groups excluding carboxylic acids is 4. The second-order valence-electron chi connectivity index (χ2n) is 9.06. The van der Waals surface area contributed by atoms with Crippen LogP contribution in [-0.4, -0.2) is 73.8 Å². The highest BCUT2D eigenvalue weighted by Crippen LogP contribution is 2.35. The molecule has 2 aliphatic rings. The fraction of sp³-hybridized carbons (Fsp3) is 0.500. The summed E-state index contributed by atoms with van der Waals surface area (Å²) in [6.07, 6.45) is 2.42. The lowest BCUT2D eigenvalue weighted by molar-refractivity contribution is -0.141. The van der Waals surface area contributed by atoms with E-state index < -0.39 is 11.8 Å². The summed E-state index contributed by atoms with van der Waals surface area (Å²) in [5.74, 6) is -1.51. The number of fused-ring (bicyclic) bond motifs is 1. The molecule has 0 atom stereocenters. The van der Waals surface area contributed by atoms with Crippen molar-refractivity contribution in [2.24, 2.45) is 17.6 Å². The van der Waals surface area contributed by atoms with Crippen LogP contribution in [0.1, 0.15) is 46.6 Å². The van der Waals surface area contributed by atoms with Crippen molar-refractivity contribution in [2.45, 2.75) is 25.7 Å². The van der Waals surface area contributed by atoms with Gasteiger partial charge in [-0.15, -0.1) is 0 Å². The lowest BCUT2D eigenvalue weighted by atomic mass is 9.80. The van der Waals surface area contributed by atoms with Gasteiger partial charge in [0.25, 0.3) is 5.91 Å². The Balaban J connectivity index is 1.50. The third-order valence-corrected chi connectivity index (χ3v) is 6.59. The zero-order chi connectivity index (χ0) is 24.4. The van der Waals surface area contributed by atoms with Crippen molar-refractivity contribution >= 4 is 40.3 Å². The molecule has 2 heterocycles. The van der Waals surface area contributed by atoms with Gasteiger partial charge in [-0.3, -0.25) is 19.2 Å². The molecule has 2 aromatic rings. The molecule has 1 aliphatic carbocycles. The summed E-state index contributed by atoms with van der Waals surface area (Å²) in [6.45, 7) is 2.35. The first-order valence-corrected chi connectivity index (χ1v) is 11.5. The number of amides is 4. The van der Waals surface area contributed by atoms with E-state index in [0.29, 0.717) is 63.0 Å². The molecule has 2 fully saturated rings. The van der Waals surface area contributed by atoms with E-state index in [-0.39, 0.29) is 40.7 Å². The van der Waals surface area contributed by atoms with Gasteiger partial charge in [0, 0.05) is 50.0 Å². The normalized spacial score (nSPS) is 20.7. The first-order chi connectivity index (χ1) is 16.3. The van der Waals surface area contributed by atoms with E-state index in [0.717, 1.165) is 0 Å². The van der Waals surface area contributed by atoms with Crippen LogP contribution in [0.5, 0.6) is 0 Å². The second-order valence-corrected chi connectivity index (χ2v) is 9.06. The maximum Gasteiger partial charge on any atom is 0.291 e. The van der Waals surface area contributed by atoms with Gasteiger partial charge in [0.05, 0.1) is 13.2 Å². The summed E-state index contributed by atoms with van der Waals surface area (Å²) in [7, 11) is 3.17. The monoisotopic (exact) mass is 470 g/mol.